The minimum Gasteiger partial charge on any atom is -0.0955 e. The minimum absolute atomic E-state index is 0. The predicted molar refractivity (Wildman–Crippen MR) is 102 cm³/mol. The van der Waals surface area contributed by atoms with Crippen molar-refractivity contribution in [2.45, 2.75) is 19.3 Å². The average molecular weight is 391 g/mol. The largest absolute Gasteiger partial charge is 0.0955 e. The first kappa shape index (κ1) is 20.5. The molecule has 111 valence electrons. The fraction of sp³-hybridized carbons (Fsp3) is 0.143. The minimum atomic E-state index is 0. The average Bonchev–Trinajstić information content (AvgIpc) is 2.51. The Bertz CT molecular complexity index is 468. The van der Waals surface area contributed by atoms with Crippen molar-refractivity contribution in [2.24, 2.45) is 0 Å². The van der Waals surface area contributed by atoms with E-state index in [2.05, 4.69) is 38.0 Å². The summed E-state index contributed by atoms with van der Waals surface area (Å²) in [5, 5.41) is 0. The maximum Gasteiger partial charge on any atom is 0 e. The van der Waals surface area contributed by atoms with Crippen molar-refractivity contribution in [2.75, 3.05) is 0 Å². The molecule has 0 aromatic heterocycles. The first-order valence-corrected chi connectivity index (χ1v) is 7.21. The van der Waals surface area contributed by atoms with Crippen LogP contribution in [0.2, 0.25) is 0 Å². The Labute approximate surface area is 154 Å². The molecule has 0 aromatic rings. The van der Waals surface area contributed by atoms with Gasteiger partial charge in [-0.25, -0.2) is 0 Å². The third-order valence-electron chi connectivity index (χ3n) is 2.88. The fourth-order valence-electron chi connectivity index (χ4n) is 1.67. The van der Waals surface area contributed by atoms with Crippen molar-refractivity contribution in [3.05, 3.63) is 109 Å². The smallest absolute Gasteiger partial charge is 0 e. The van der Waals surface area contributed by atoms with Gasteiger partial charge in [-0.3, -0.25) is 0 Å². The van der Waals surface area contributed by atoms with Gasteiger partial charge in [-0.05, 0) is 19.3 Å². The molecule has 3 aliphatic carbocycles. The molecule has 0 saturated heterocycles. The van der Waals surface area contributed by atoms with Crippen LogP contribution in [0.1, 0.15) is 19.3 Å². The van der Waals surface area contributed by atoms with E-state index < -0.39 is 0 Å². The van der Waals surface area contributed by atoms with Crippen LogP contribution < -0.4 is 0 Å². The quantitative estimate of drug-likeness (QED) is 0.490. The van der Waals surface area contributed by atoms with Gasteiger partial charge >= 0.3 is 0 Å². The molecule has 0 amide bonds. The summed E-state index contributed by atoms with van der Waals surface area (Å²) in [4.78, 5) is 0. The van der Waals surface area contributed by atoms with Gasteiger partial charge < -0.3 is 0 Å². The normalized spacial score (nSPS) is 17.2. The first-order chi connectivity index (χ1) is 10.2. The molecule has 0 atom stereocenters. The molecular weight excluding hydrogens is 367 g/mol. The van der Waals surface area contributed by atoms with E-state index in [1.165, 1.54) is 16.7 Å². The predicted octanol–water partition coefficient (Wildman–Crippen LogP) is 5.80. The number of hydrogen-bond acceptors (Lipinski definition) is 0. The Kier molecular flexibility index (Phi) is 12.3. The molecule has 0 heterocycles. The molecule has 0 N–H and O–H groups in total. The van der Waals surface area contributed by atoms with E-state index in [-0.39, 0.29) is 25.8 Å². The van der Waals surface area contributed by atoms with Gasteiger partial charge in [-0.2, -0.15) is 0 Å². The van der Waals surface area contributed by atoms with Gasteiger partial charge in [0.1, 0.15) is 0 Å². The molecule has 0 spiro atoms. The molecule has 0 bridgehead atoms. The maximum atomic E-state index is 3.78. The van der Waals surface area contributed by atoms with Crippen LogP contribution in [0, 0.1) is 0 Å². The van der Waals surface area contributed by atoms with Gasteiger partial charge in [0.05, 0.1) is 0 Å². The topological polar surface area (TPSA) is 0 Å². The second-order valence-electron chi connectivity index (χ2n) is 4.95. The summed E-state index contributed by atoms with van der Waals surface area (Å²) < 4.78 is 0. The Hall–Kier alpha value is -1.47. The van der Waals surface area contributed by atoms with E-state index in [0.717, 1.165) is 19.3 Å². The van der Waals surface area contributed by atoms with Crippen LogP contribution in [0.15, 0.2) is 109 Å². The van der Waals surface area contributed by atoms with E-state index in [4.69, 9.17) is 0 Å². The fourth-order valence-corrected chi connectivity index (χ4v) is 1.67. The van der Waals surface area contributed by atoms with Crippen molar-refractivity contribution in [1.29, 1.82) is 0 Å². The zero-order valence-electron chi connectivity index (χ0n) is 13.2. The Balaban J connectivity index is 0.000000294. The van der Waals surface area contributed by atoms with Gasteiger partial charge in [-0.15, -0.1) is 0 Å². The molecule has 0 aliphatic heterocycles. The molecule has 0 nitrogen and oxygen atoms in total. The van der Waals surface area contributed by atoms with Gasteiger partial charge in [0.25, 0.3) is 0 Å². The van der Waals surface area contributed by atoms with Crippen LogP contribution in [0.3, 0.4) is 0 Å². The molecule has 3 aliphatic rings. The van der Waals surface area contributed by atoms with Crippen molar-refractivity contribution in [1.82, 2.24) is 0 Å². The van der Waals surface area contributed by atoms with Crippen molar-refractivity contribution >= 4 is 25.8 Å². The molecule has 0 aromatic carbocycles. The van der Waals surface area contributed by atoms with Gasteiger partial charge in [0.15, 0.2) is 0 Å². The Morgan fingerprint density at radius 2 is 0.773 bits per heavy atom. The summed E-state index contributed by atoms with van der Waals surface area (Å²) in [6.45, 7) is 11.3. The van der Waals surface area contributed by atoms with E-state index in [1.807, 2.05) is 54.7 Å². The van der Waals surface area contributed by atoms with E-state index in [1.54, 1.807) is 0 Å². The van der Waals surface area contributed by atoms with Crippen LogP contribution in [-0.2, 0) is 0 Å². The van der Waals surface area contributed by atoms with Crippen LogP contribution in [0.5, 0.6) is 0 Å². The molecule has 0 unspecified atom stereocenters. The second kappa shape index (κ2) is 13.2. The Morgan fingerprint density at radius 1 is 0.500 bits per heavy atom. The van der Waals surface area contributed by atoms with Gasteiger partial charge in [0, 0.05) is 25.8 Å². The molecule has 3 rings (SSSR count). The summed E-state index contributed by atoms with van der Waals surface area (Å²) in [5.41, 5.74) is 3.59. The Morgan fingerprint density at radius 3 is 0.864 bits per heavy atom. The van der Waals surface area contributed by atoms with Crippen LogP contribution in [0.4, 0.5) is 0 Å². The SMILES string of the molecule is C=C1C=CC=CC1.C=C1C=CC=CC1.C=C1C=CC=CC1.[In]. The molecular formula is C21H24In. The molecule has 1 heteroatoms. The van der Waals surface area contributed by atoms with Crippen molar-refractivity contribution in [3.8, 4) is 0 Å². The van der Waals surface area contributed by atoms with E-state index >= 15 is 0 Å². The first-order valence-electron chi connectivity index (χ1n) is 7.21. The number of hydrogen-bond donors (Lipinski definition) is 0. The van der Waals surface area contributed by atoms with Gasteiger partial charge in [-0.1, -0.05) is 109 Å². The summed E-state index contributed by atoms with van der Waals surface area (Å²) in [5.74, 6) is 0. The second-order valence-corrected chi connectivity index (χ2v) is 4.95. The monoisotopic (exact) mass is 391 g/mol. The van der Waals surface area contributed by atoms with Crippen molar-refractivity contribution < 1.29 is 0 Å². The zero-order valence-corrected chi connectivity index (χ0v) is 16.5. The van der Waals surface area contributed by atoms with Crippen LogP contribution in [-0.4, -0.2) is 25.8 Å². The van der Waals surface area contributed by atoms with E-state index in [9.17, 15) is 0 Å². The standard InChI is InChI=1S/3C7H8.In/c3*1-7-5-3-2-4-6-7;/h3*2-5H,1,6H2;. The maximum absolute atomic E-state index is 3.78. The third kappa shape index (κ3) is 11.2. The molecule has 0 fully saturated rings. The van der Waals surface area contributed by atoms with Gasteiger partial charge in [0.2, 0.25) is 0 Å². The van der Waals surface area contributed by atoms with E-state index in [0.29, 0.717) is 0 Å². The number of allylic oxidation sites excluding steroid dienone is 15. The number of rotatable bonds is 0. The van der Waals surface area contributed by atoms with Crippen LogP contribution >= 0.6 is 0 Å². The summed E-state index contributed by atoms with van der Waals surface area (Å²) in [7, 11) is 0. The van der Waals surface area contributed by atoms with Crippen LogP contribution in [0.25, 0.3) is 0 Å². The molecule has 22 heavy (non-hydrogen) atoms. The molecule has 0 saturated carbocycles. The third-order valence-corrected chi connectivity index (χ3v) is 2.88. The summed E-state index contributed by atoms with van der Waals surface area (Å²) in [6, 6.07) is 0. The van der Waals surface area contributed by atoms with Crippen molar-refractivity contribution in [3.63, 3.8) is 0 Å². The molecule has 3 radical (unpaired) electrons. The zero-order chi connectivity index (χ0) is 15.3. The summed E-state index contributed by atoms with van der Waals surface area (Å²) in [6.07, 6.45) is 27.6. The summed E-state index contributed by atoms with van der Waals surface area (Å²) >= 11 is 0.